The van der Waals surface area contributed by atoms with Crippen LogP contribution in [-0.2, 0) is 6.42 Å². The molecule has 0 amide bonds. The Kier molecular flexibility index (Phi) is 9.94. The second-order valence-corrected chi connectivity index (χ2v) is 6.49. The predicted molar refractivity (Wildman–Crippen MR) is 91.1 cm³/mol. The summed E-state index contributed by atoms with van der Waals surface area (Å²) < 4.78 is 1.08. The normalized spacial score (nSPS) is 12.6. The van der Waals surface area contributed by atoms with Gasteiger partial charge in [-0.15, -0.1) is 0 Å². The van der Waals surface area contributed by atoms with Gasteiger partial charge in [0.05, 0.1) is 0 Å². The van der Waals surface area contributed by atoms with E-state index in [0.717, 1.165) is 17.4 Å². The summed E-state index contributed by atoms with van der Waals surface area (Å²) in [5.41, 5.74) is 1.32. The molecule has 1 rings (SSSR count). The van der Waals surface area contributed by atoms with Gasteiger partial charge in [-0.1, -0.05) is 46.0 Å². The van der Waals surface area contributed by atoms with Gasteiger partial charge in [0, 0.05) is 22.9 Å². The summed E-state index contributed by atoms with van der Waals surface area (Å²) in [6.07, 6.45) is 14.2. The molecule has 1 unspecified atom stereocenters. The van der Waals surface area contributed by atoms with Crippen LogP contribution in [-0.4, -0.2) is 17.6 Å². The summed E-state index contributed by atoms with van der Waals surface area (Å²) in [5, 5.41) is 3.69. The fourth-order valence-corrected chi connectivity index (χ4v) is 2.88. The molecule has 1 aromatic heterocycles. The van der Waals surface area contributed by atoms with Crippen molar-refractivity contribution >= 4 is 15.9 Å². The van der Waals surface area contributed by atoms with Crippen LogP contribution in [0.3, 0.4) is 0 Å². The highest BCUT2D eigenvalue weighted by molar-refractivity contribution is 9.10. The first-order chi connectivity index (χ1) is 9.76. The maximum Gasteiger partial charge on any atom is 0.0410 e. The second kappa shape index (κ2) is 11.3. The molecule has 0 radical (unpaired) electrons. The van der Waals surface area contributed by atoms with Gasteiger partial charge in [-0.05, 0) is 53.4 Å². The van der Waals surface area contributed by atoms with Crippen molar-refractivity contribution < 1.29 is 0 Å². The lowest BCUT2D eigenvalue weighted by Gasteiger charge is -2.18. The summed E-state index contributed by atoms with van der Waals surface area (Å²) in [4.78, 5) is 4.26. The molecule has 0 saturated heterocycles. The fourth-order valence-electron chi connectivity index (χ4n) is 2.47. The van der Waals surface area contributed by atoms with E-state index in [9.17, 15) is 0 Å². The van der Waals surface area contributed by atoms with Gasteiger partial charge < -0.3 is 5.32 Å². The molecule has 1 aromatic rings. The highest BCUT2D eigenvalue weighted by Gasteiger charge is 2.09. The maximum absolute atomic E-state index is 4.26. The Morgan fingerprint density at radius 1 is 1.10 bits per heavy atom. The molecule has 0 bridgehead atoms. The number of rotatable bonds is 11. The number of nitrogens with one attached hydrogen (secondary N) is 1. The number of unbranched alkanes of at least 4 members (excludes halogenated alkanes) is 4. The smallest absolute Gasteiger partial charge is 0.0410 e. The van der Waals surface area contributed by atoms with Gasteiger partial charge >= 0.3 is 0 Å². The highest BCUT2D eigenvalue weighted by Crippen LogP contribution is 2.14. The lowest BCUT2D eigenvalue weighted by Crippen LogP contribution is -2.31. The van der Waals surface area contributed by atoms with Crippen LogP contribution < -0.4 is 5.32 Å². The number of nitrogens with zero attached hydrogens (tertiary/aromatic N) is 1. The minimum Gasteiger partial charge on any atom is -0.314 e. The van der Waals surface area contributed by atoms with Crippen LogP contribution in [0.5, 0.6) is 0 Å². The van der Waals surface area contributed by atoms with Gasteiger partial charge in [-0.2, -0.15) is 0 Å². The minimum absolute atomic E-state index is 0.590. The largest absolute Gasteiger partial charge is 0.314 e. The third kappa shape index (κ3) is 8.01. The number of hydrogen-bond acceptors (Lipinski definition) is 2. The van der Waals surface area contributed by atoms with Crippen molar-refractivity contribution in [3.63, 3.8) is 0 Å². The molecule has 3 heteroatoms. The molecule has 0 aliphatic carbocycles. The zero-order valence-corrected chi connectivity index (χ0v) is 14.6. The van der Waals surface area contributed by atoms with E-state index in [1.807, 2.05) is 12.4 Å². The maximum atomic E-state index is 4.26. The van der Waals surface area contributed by atoms with Crippen molar-refractivity contribution in [3.8, 4) is 0 Å². The van der Waals surface area contributed by atoms with E-state index in [1.54, 1.807) is 0 Å². The SMILES string of the molecule is CCCCCCCC(Cc1cncc(Br)c1)NCCC. The van der Waals surface area contributed by atoms with Crippen LogP contribution in [0.4, 0.5) is 0 Å². The van der Waals surface area contributed by atoms with Crippen LogP contribution in [0.25, 0.3) is 0 Å². The van der Waals surface area contributed by atoms with Gasteiger partial charge in [0.2, 0.25) is 0 Å². The number of halogens is 1. The molecule has 1 N–H and O–H groups in total. The van der Waals surface area contributed by atoms with Crippen LogP contribution in [0.2, 0.25) is 0 Å². The molecular weight excluding hydrogens is 312 g/mol. The Morgan fingerprint density at radius 2 is 1.90 bits per heavy atom. The zero-order chi connectivity index (χ0) is 14.6. The molecule has 2 nitrogen and oxygen atoms in total. The summed E-state index contributed by atoms with van der Waals surface area (Å²) in [5.74, 6) is 0. The average molecular weight is 341 g/mol. The molecular formula is C17H29BrN2. The molecule has 0 saturated carbocycles. The van der Waals surface area contributed by atoms with Gasteiger partial charge in [0.25, 0.3) is 0 Å². The molecule has 0 spiro atoms. The average Bonchev–Trinajstić information content (AvgIpc) is 2.44. The fraction of sp³-hybridized carbons (Fsp3) is 0.706. The van der Waals surface area contributed by atoms with Crippen LogP contribution >= 0.6 is 15.9 Å². The van der Waals surface area contributed by atoms with Crippen molar-refractivity contribution in [3.05, 3.63) is 28.5 Å². The quantitative estimate of drug-likeness (QED) is 0.565. The van der Waals surface area contributed by atoms with Gasteiger partial charge in [0.15, 0.2) is 0 Å². The van der Waals surface area contributed by atoms with E-state index in [4.69, 9.17) is 0 Å². The van der Waals surface area contributed by atoms with Crippen LogP contribution in [0.15, 0.2) is 22.9 Å². The Bertz CT molecular complexity index is 355. The van der Waals surface area contributed by atoms with Crippen LogP contribution in [0.1, 0.15) is 64.4 Å². The Hall–Kier alpha value is -0.410. The topological polar surface area (TPSA) is 24.9 Å². The van der Waals surface area contributed by atoms with Crippen LogP contribution in [0, 0.1) is 0 Å². The monoisotopic (exact) mass is 340 g/mol. The van der Waals surface area contributed by atoms with Crippen molar-refractivity contribution in [2.24, 2.45) is 0 Å². The predicted octanol–water partition coefficient (Wildman–Crippen LogP) is 5.12. The van der Waals surface area contributed by atoms with E-state index in [0.29, 0.717) is 6.04 Å². The number of pyridine rings is 1. The Morgan fingerprint density at radius 3 is 2.60 bits per heavy atom. The number of hydrogen-bond donors (Lipinski definition) is 1. The summed E-state index contributed by atoms with van der Waals surface area (Å²) >= 11 is 3.50. The molecule has 1 heterocycles. The highest BCUT2D eigenvalue weighted by atomic mass is 79.9. The van der Waals surface area contributed by atoms with Crippen molar-refractivity contribution in [1.29, 1.82) is 0 Å². The molecule has 20 heavy (non-hydrogen) atoms. The van der Waals surface area contributed by atoms with Crippen molar-refractivity contribution in [1.82, 2.24) is 10.3 Å². The Labute approximate surface area is 132 Å². The standard InChI is InChI=1S/C17H29BrN2/c1-3-5-6-7-8-9-17(20-10-4-2)12-15-11-16(18)14-19-13-15/h11,13-14,17,20H,3-10,12H2,1-2H3. The summed E-state index contributed by atoms with van der Waals surface area (Å²) in [6, 6.07) is 2.78. The first kappa shape index (κ1) is 17.6. The minimum atomic E-state index is 0.590. The molecule has 0 fully saturated rings. The van der Waals surface area contributed by atoms with E-state index in [-0.39, 0.29) is 0 Å². The van der Waals surface area contributed by atoms with Gasteiger partial charge in [-0.3, -0.25) is 4.98 Å². The van der Waals surface area contributed by atoms with E-state index < -0.39 is 0 Å². The first-order valence-corrected chi connectivity index (χ1v) is 8.88. The lowest BCUT2D eigenvalue weighted by atomic mass is 10.0. The lowest BCUT2D eigenvalue weighted by molar-refractivity contribution is 0.451. The second-order valence-electron chi connectivity index (χ2n) is 5.57. The summed E-state index contributed by atoms with van der Waals surface area (Å²) in [6.45, 7) is 5.61. The molecule has 0 aromatic carbocycles. The number of aromatic nitrogens is 1. The first-order valence-electron chi connectivity index (χ1n) is 8.09. The molecule has 114 valence electrons. The van der Waals surface area contributed by atoms with E-state index in [2.05, 4.69) is 46.1 Å². The third-order valence-corrected chi connectivity index (χ3v) is 4.02. The van der Waals surface area contributed by atoms with E-state index >= 15 is 0 Å². The third-order valence-electron chi connectivity index (χ3n) is 3.58. The van der Waals surface area contributed by atoms with Gasteiger partial charge in [-0.25, -0.2) is 0 Å². The summed E-state index contributed by atoms with van der Waals surface area (Å²) in [7, 11) is 0. The molecule has 0 aliphatic heterocycles. The zero-order valence-electron chi connectivity index (χ0n) is 13.0. The Balaban J connectivity index is 2.38. The van der Waals surface area contributed by atoms with Gasteiger partial charge in [0.1, 0.15) is 0 Å². The molecule has 0 aliphatic rings. The van der Waals surface area contributed by atoms with E-state index in [1.165, 1.54) is 50.5 Å². The van der Waals surface area contributed by atoms with Crippen molar-refractivity contribution in [2.45, 2.75) is 71.3 Å². The molecule has 1 atom stereocenters. The van der Waals surface area contributed by atoms with Crippen molar-refractivity contribution in [2.75, 3.05) is 6.54 Å².